The maximum atomic E-state index is 12.5. The predicted octanol–water partition coefficient (Wildman–Crippen LogP) is 16.0. The molecule has 1 unspecified atom stereocenters. The van der Waals surface area contributed by atoms with Crippen molar-refractivity contribution >= 4 is 6.09 Å². The molecular formula is C52H105NO6. The van der Waals surface area contributed by atoms with Crippen LogP contribution in [0.4, 0.5) is 4.79 Å². The minimum absolute atomic E-state index is 0.0172. The lowest BCUT2D eigenvalue weighted by molar-refractivity contribution is -0.0662. The molecule has 0 aliphatic heterocycles. The van der Waals surface area contributed by atoms with E-state index in [1.165, 1.54) is 193 Å². The van der Waals surface area contributed by atoms with Crippen LogP contribution in [0.15, 0.2) is 0 Å². The van der Waals surface area contributed by atoms with Gasteiger partial charge in [0, 0.05) is 33.3 Å². The Hall–Kier alpha value is -0.890. The fraction of sp³-hybridized carbons (Fsp3) is 0.981. The Morgan fingerprint density at radius 2 is 0.847 bits per heavy atom. The minimum Gasteiger partial charge on any atom is -0.449 e. The van der Waals surface area contributed by atoms with Crippen molar-refractivity contribution in [1.29, 1.82) is 0 Å². The minimum atomic E-state index is -0.382. The molecule has 0 saturated heterocycles. The van der Waals surface area contributed by atoms with Crippen molar-refractivity contribution in [2.24, 2.45) is 0 Å². The lowest BCUT2D eigenvalue weighted by atomic mass is 10.0. The quantitative estimate of drug-likeness (QED) is 0.0615. The molecule has 7 nitrogen and oxygen atoms in total. The second kappa shape index (κ2) is 43.7. The zero-order valence-electron chi connectivity index (χ0n) is 41.0. The van der Waals surface area contributed by atoms with Gasteiger partial charge in [-0.2, -0.15) is 0 Å². The third kappa shape index (κ3) is 45.0. The Balaban J connectivity index is 4.22. The first-order chi connectivity index (χ1) is 28.7. The molecule has 1 N–H and O–H groups in total. The number of carbonyl (C=O) groups excluding carboxylic acids is 1. The van der Waals surface area contributed by atoms with Gasteiger partial charge >= 0.3 is 6.09 Å². The van der Waals surface area contributed by atoms with Gasteiger partial charge in [-0.15, -0.1) is 0 Å². The molecule has 0 spiro atoms. The first-order valence-electron chi connectivity index (χ1n) is 25.9. The van der Waals surface area contributed by atoms with E-state index in [0.29, 0.717) is 32.8 Å². The highest BCUT2D eigenvalue weighted by Crippen LogP contribution is 2.20. The molecule has 0 aliphatic carbocycles. The van der Waals surface area contributed by atoms with Gasteiger partial charge in [0.25, 0.3) is 0 Å². The molecule has 0 bridgehead atoms. The summed E-state index contributed by atoms with van der Waals surface area (Å²) in [6.07, 6.45) is 45.6. The van der Waals surface area contributed by atoms with Gasteiger partial charge in [0.05, 0.1) is 37.1 Å². The normalized spacial score (nSPS) is 12.7. The Morgan fingerprint density at radius 3 is 1.25 bits per heavy atom. The maximum absolute atomic E-state index is 12.5. The number of alkyl carbamates (subject to hydrolysis) is 1. The smallest absolute Gasteiger partial charge is 0.407 e. The second-order valence-corrected chi connectivity index (χ2v) is 19.1. The summed E-state index contributed by atoms with van der Waals surface area (Å²) < 4.78 is 29.5. The van der Waals surface area contributed by atoms with E-state index in [4.69, 9.17) is 23.7 Å². The van der Waals surface area contributed by atoms with Crippen LogP contribution >= 0.6 is 0 Å². The Kier molecular flexibility index (Phi) is 43.1. The van der Waals surface area contributed by atoms with Crippen molar-refractivity contribution in [3.63, 3.8) is 0 Å². The number of hydrogen-bond donors (Lipinski definition) is 1. The summed E-state index contributed by atoms with van der Waals surface area (Å²) in [6, 6.07) is 0. The van der Waals surface area contributed by atoms with E-state index < -0.39 is 0 Å². The fourth-order valence-electron chi connectivity index (χ4n) is 7.61. The van der Waals surface area contributed by atoms with Crippen molar-refractivity contribution in [2.45, 2.75) is 284 Å². The van der Waals surface area contributed by atoms with Gasteiger partial charge in [-0.05, 0) is 53.4 Å². The lowest BCUT2D eigenvalue weighted by Gasteiger charge is -2.28. The van der Waals surface area contributed by atoms with E-state index in [2.05, 4.69) is 33.0 Å². The maximum Gasteiger partial charge on any atom is 0.407 e. The molecule has 0 aromatic heterocycles. The van der Waals surface area contributed by atoms with Crippen molar-refractivity contribution < 1.29 is 28.5 Å². The molecule has 0 aromatic carbocycles. The first kappa shape index (κ1) is 58.1. The Bertz CT molecular complexity index is 851. The molecule has 0 rings (SSSR count). The average Bonchev–Trinajstić information content (AvgIpc) is 3.21. The van der Waals surface area contributed by atoms with Crippen molar-refractivity contribution in [3.8, 4) is 0 Å². The number of nitrogens with one attached hydrogen (secondary N) is 1. The molecule has 0 saturated carbocycles. The van der Waals surface area contributed by atoms with Gasteiger partial charge < -0.3 is 29.0 Å². The summed E-state index contributed by atoms with van der Waals surface area (Å²) in [4.78, 5) is 12.5. The van der Waals surface area contributed by atoms with E-state index in [0.717, 1.165) is 38.9 Å². The molecule has 0 radical (unpaired) electrons. The average molecular weight is 840 g/mol. The number of ether oxygens (including phenoxy) is 5. The monoisotopic (exact) mass is 840 g/mol. The van der Waals surface area contributed by atoms with Gasteiger partial charge in [0.2, 0.25) is 0 Å². The van der Waals surface area contributed by atoms with E-state index in [-0.39, 0.29) is 23.4 Å². The number of rotatable bonds is 48. The van der Waals surface area contributed by atoms with Crippen molar-refractivity contribution in [3.05, 3.63) is 0 Å². The highest BCUT2D eigenvalue weighted by Gasteiger charge is 2.22. The number of hydrogen-bond acceptors (Lipinski definition) is 6. The molecule has 1 amide bonds. The Morgan fingerprint density at radius 1 is 0.475 bits per heavy atom. The Labute approximate surface area is 369 Å². The molecule has 354 valence electrons. The topological polar surface area (TPSA) is 75.3 Å². The first-order valence-corrected chi connectivity index (χ1v) is 25.9. The van der Waals surface area contributed by atoms with E-state index >= 15 is 0 Å². The van der Waals surface area contributed by atoms with Crippen LogP contribution in [0.2, 0.25) is 0 Å². The van der Waals surface area contributed by atoms with Crippen LogP contribution in [0.1, 0.15) is 266 Å². The van der Waals surface area contributed by atoms with E-state index in [1.807, 2.05) is 13.8 Å². The summed E-state index contributed by atoms with van der Waals surface area (Å²) in [5, 5.41) is 2.93. The van der Waals surface area contributed by atoms with Crippen LogP contribution in [0.5, 0.6) is 0 Å². The van der Waals surface area contributed by atoms with E-state index in [1.54, 1.807) is 7.11 Å². The molecule has 0 aromatic rings. The van der Waals surface area contributed by atoms with Crippen LogP contribution in [0.25, 0.3) is 0 Å². The fourth-order valence-corrected chi connectivity index (χ4v) is 7.61. The van der Waals surface area contributed by atoms with Gasteiger partial charge in [0.1, 0.15) is 0 Å². The van der Waals surface area contributed by atoms with Crippen molar-refractivity contribution in [1.82, 2.24) is 5.32 Å². The third-order valence-electron chi connectivity index (χ3n) is 12.2. The highest BCUT2D eigenvalue weighted by atomic mass is 16.6. The van der Waals surface area contributed by atoms with Crippen LogP contribution in [0, 0.1) is 0 Å². The number of methoxy groups -OCH3 is 1. The number of unbranched alkanes of at least 4 members (excludes halogenated alkanes) is 30. The van der Waals surface area contributed by atoms with Gasteiger partial charge in [-0.1, -0.05) is 206 Å². The molecular weight excluding hydrogens is 735 g/mol. The van der Waals surface area contributed by atoms with Crippen LogP contribution < -0.4 is 5.32 Å². The lowest BCUT2D eigenvalue weighted by Crippen LogP contribution is -2.33. The predicted molar refractivity (Wildman–Crippen MR) is 254 cm³/mol. The molecule has 59 heavy (non-hydrogen) atoms. The third-order valence-corrected chi connectivity index (χ3v) is 12.2. The molecule has 7 heteroatoms. The van der Waals surface area contributed by atoms with Gasteiger partial charge in [-0.3, -0.25) is 0 Å². The van der Waals surface area contributed by atoms with E-state index in [9.17, 15) is 4.79 Å². The largest absolute Gasteiger partial charge is 0.449 e. The zero-order valence-corrected chi connectivity index (χ0v) is 41.0. The standard InChI is InChI=1S/C52H105NO6/c1-8-10-12-14-16-18-20-22-24-26-28-30-32-34-36-38-44-56-48-49(40-43-53-50(54)58-46-41-52(5,6)59-47-42-51(3,4)55-7)57-45-39-37-35-33-31-29-27-25-23-21-19-17-15-13-11-9-2/h49H,8-48H2,1-7H3,(H,53,54). The SMILES string of the molecule is CCCCCCCCCCCCCCCCCCOCC(CCNC(=O)OCCC(C)(C)OCCC(C)(C)OC)OCCCCCCCCCCCCCCCCCC. The summed E-state index contributed by atoms with van der Waals surface area (Å²) in [5.74, 6) is 0. The number of carbonyl (C=O) groups is 1. The molecule has 0 fully saturated rings. The van der Waals surface area contributed by atoms with Gasteiger partial charge in [-0.25, -0.2) is 4.79 Å². The van der Waals surface area contributed by atoms with Crippen LogP contribution in [-0.4, -0.2) is 70.1 Å². The molecule has 1 atom stereocenters. The molecule has 0 aliphatic rings. The van der Waals surface area contributed by atoms with Crippen LogP contribution in [-0.2, 0) is 23.7 Å². The summed E-state index contributed by atoms with van der Waals surface area (Å²) in [7, 11) is 1.73. The molecule has 0 heterocycles. The highest BCUT2D eigenvalue weighted by molar-refractivity contribution is 5.67. The van der Waals surface area contributed by atoms with Crippen LogP contribution in [0.3, 0.4) is 0 Å². The zero-order chi connectivity index (χ0) is 43.4. The summed E-state index contributed by atoms with van der Waals surface area (Å²) >= 11 is 0. The number of amides is 1. The summed E-state index contributed by atoms with van der Waals surface area (Å²) in [6.45, 7) is 16.3. The van der Waals surface area contributed by atoms with Crippen molar-refractivity contribution in [2.75, 3.05) is 46.7 Å². The second-order valence-electron chi connectivity index (χ2n) is 19.1. The van der Waals surface area contributed by atoms with Gasteiger partial charge in [0.15, 0.2) is 0 Å². The summed E-state index contributed by atoms with van der Waals surface area (Å²) in [5.41, 5.74) is -0.587.